The Labute approximate surface area is 157 Å². The molecule has 142 valence electrons. The van der Waals surface area contributed by atoms with Crippen LogP contribution in [0.5, 0.6) is 5.75 Å². The number of methoxy groups -OCH3 is 1. The van der Waals surface area contributed by atoms with Crippen molar-refractivity contribution < 1.29 is 23.9 Å². The molecule has 0 unspecified atom stereocenters. The fourth-order valence-electron chi connectivity index (χ4n) is 2.51. The zero-order valence-electron chi connectivity index (χ0n) is 15.5. The van der Waals surface area contributed by atoms with Gasteiger partial charge in [0.25, 0.3) is 0 Å². The number of benzene rings is 2. The lowest BCUT2D eigenvalue weighted by Crippen LogP contribution is -2.37. The average molecular weight is 370 g/mol. The van der Waals surface area contributed by atoms with Gasteiger partial charge in [-0.1, -0.05) is 18.2 Å². The summed E-state index contributed by atoms with van der Waals surface area (Å²) in [6.07, 6.45) is 0. The van der Waals surface area contributed by atoms with E-state index >= 15 is 0 Å². The minimum atomic E-state index is -0.498. The number of para-hydroxylation sites is 2. The van der Waals surface area contributed by atoms with E-state index in [4.69, 9.17) is 4.74 Å². The van der Waals surface area contributed by atoms with Crippen molar-refractivity contribution in [2.24, 2.45) is 0 Å². The van der Waals surface area contributed by atoms with Gasteiger partial charge in [0.2, 0.25) is 11.8 Å². The third-order valence-electron chi connectivity index (χ3n) is 3.71. The summed E-state index contributed by atoms with van der Waals surface area (Å²) in [4.78, 5) is 37.5. The van der Waals surface area contributed by atoms with Gasteiger partial charge in [-0.05, 0) is 37.3 Å². The van der Waals surface area contributed by atoms with Gasteiger partial charge in [-0.2, -0.15) is 0 Å². The molecule has 7 nitrogen and oxygen atoms in total. The molecular formula is C20H22N2O5. The normalized spacial score (nSPS) is 10.0. The van der Waals surface area contributed by atoms with Crippen LogP contribution in [0.1, 0.15) is 24.2 Å². The second-order valence-electron chi connectivity index (χ2n) is 5.63. The number of carbonyl (C=O) groups is 3. The van der Waals surface area contributed by atoms with Crippen molar-refractivity contribution in [2.45, 2.75) is 13.8 Å². The Kier molecular flexibility index (Phi) is 6.93. The molecule has 2 aromatic carbocycles. The summed E-state index contributed by atoms with van der Waals surface area (Å²) in [6, 6.07) is 13.4. The molecule has 0 spiro atoms. The largest absolute Gasteiger partial charge is 0.492 e. The molecule has 0 radical (unpaired) electrons. The van der Waals surface area contributed by atoms with Crippen molar-refractivity contribution in [2.75, 3.05) is 30.5 Å². The van der Waals surface area contributed by atoms with Gasteiger partial charge in [-0.15, -0.1) is 0 Å². The van der Waals surface area contributed by atoms with Crippen molar-refractivity contribution in [3.8, 4) is 5.75 Å². The monoisotopic (exact) mass is 370 g/mol. The van der Waals surface area contributed by atoms with E-state index in [1.165, 1.54) is 25.0 Å². The minimum absolute atomic E-state index is 0.193. The standard InChI is InChI=1S/C20H22N2O5/c1-4-27-18-11-6-5-10-17(18)22(14(2)23)13-19(24)21-16-9-7-8-15(12-16)20(25)26-3/h5-12H,4,13H2,1-3H3,(H,21,24). The Morgan fingerprint density at radius 1 is 1.07 bits per heavy atom. The molecule has 27 heavy (non-hydrogen) atoms. The summed E-state index contributed by atoms with van der Waals surface area (Å²) in [7, 11) is 1.29. The number of ether oxygens (including phenoxy) is 2. The number of carbonyl (C=O) groups excluding carboxylic acids is 3. The maximum atomic E-state index is 12.5. The second-order valence-corrected chi connectivity index (χ2v) is 5.63. The van der Waals surface area contributed by atoms with Crippen LogP contribution < -0.4 is 15.0 Å². The van der Waals surface area contributed by atoms with E-state index in [2.05, 4.69) is 10.1 Å². The number of nitrogens with one attached hydrogen (secondary N) is 1. The summed E-state index contributed by atoms with van der Waals surface area (Å²) in [5.74, 6) is -0.670. The second kappa shape index (κ2) is 9.38. The Balaban J connectivity index is 2.17. The van der Waals surface area contributed by atoms with Gasteiger partial charge in [-0.3, -0.25) is 14.5 Å². The molecule has 0 aliphatic heterocycles. The average Bonchev–Trinajstić information content (AvgIpc) is 2.66. The quantitative estimate of drug-likeness (QED) is 0.758. The van der Waals surface area contributed by atoms with Gasteiger partial charge >= 0.3 is 5.97 Å². The van der Waals surface area contributed by atoms with Gasteiger partial charge in [-0.25, -0.2) is 4.79 Å². The van der Waals surface area contributed by atoms with Crippen LogP contribution in [0.3, 0.4) is 0 Å². The van der Waals surface area contributed by atoms with Gasteiger partial charge in [0, 0.05) is 12.6 Å². The molecule has 0 aliphatic rings. The topological polar surface area (TPSA) is 84.9 Å². The van der Waals surface area contributed by atoms with Crippen LogP contribution in [-0.2, 0) is 14.3 Å². The predicted octanol–water partition coefficient (Wildman–Crippen LogP) is 2.86. The van der Waals surface area contributed by atoms with Gasteiger partial charge in [0.1, 0.15) is 12.3 Å². The zero-order valence-corrected chi connectivity index (χ0v) is 15.5. The van der Waals surface area contributed by atoms with E-state index < -0.39 is 11.9 Å². The summed E-state index contributed by atoms with van der Waals surface area (Å²) >= 11 is 0. The van der Waals surface area contributed by atoms with E-state index in [1.807, 2.05) is 6.92 Å². The highest BCUT2D eigenvalue weighted by Crippen LogP contribution is 2.28. The zero-order chi connectivity index (χ0) is 19.8. The van der Waals surface area contributed by atoms with Crippen LogP contribution in [0.15, 0.2) is 48.5 Å². The van der Waals surface area contributed by atoms with E-state index in [9.17, 15) is 14.4 Å². The Morgan fingerprint density at radius 3 is 2.48 bits per heavy atom. The highest BCUT2D eigenvalue weighted by atomic mass is 16.5. The van der Waals surface area contributed by atoms with Gasteiger partial charge < -0.3 is 14.8 Å². The maximum absolute atomic E-state index is 12.5. The number of anilines is 2. The van der Waals surface area contributed by atoms with Crippen molar-refractivity contribution in [3.05, 3.63) is 54.1 Å². The number of rotatable bonds is 7. The molecule has 0 atom stereocenters. The van der Waals surface area contributed by atoms with Crippen LogP contribution in [0.2, 0.25) is 0 Å². The Bertz CT molecular complexity index is 835. The number of nitrogens with zero attached hydrogens (tertiary/aromatic N) is 1. The third kappa shape index (κ3) is 5.31. The Morgan fingerprint density at radius 2 is 1.81 bits per heavy atom. The predicted molar refractivity (Wildman–Crippen MR) is 102 cm³/mol. The van der Waals surface area contributed by atoms with Gasteiger partial charge in [0.05, 0.1) is 25.0 Å². The van der Waals surface area contributed by atoms with Crippen LogP contribution >= 0.6 is 0 Å². The lowest BCUT2D eigenvalue weighted by Gasteiger charge is -2.23. The molecule has 0 saturated carbocycles. The Hall–Kier alpha value is -3.35. The third-order valence-corrected chi connectivity index (χ3v) is 3.71. The molecular weight excluding hydrogens is 348 g/mol. The molecule has 2 amide bonds. The fourth-order valence-corrected chi connectivity index (χ4v) is 2.51. The highest BCUT2D eigenvalue weighted by Gasteiger charge is 2.19. The first-order valence-electron chi connectivity index (χ1n) is 8.44. The van der Waals surface area contributed by atoms with Crippen LogP contribution in [-0.4, -0.2) is 38.0 Å². The first kappa shape index (κ1) is 20.0. The summed E-state index contributed by atoms with van der Waals surface area (Å²) < 4.78 is 10.2. The van der Waals surface area contributed by atoms with Crippen molar-refractivity contribution >= 4 is 29.2 Å². The van der Waals surface area contributed by atoms with E-state index in [0.717, 1.165) is 0 Å². The SMILES string of the molecule is CCOc1ccccc1N(CC(=O)Nc1cccc(C(=O)OC)c1)C(C)=O. The molecule has 0 fully saturated rings. The lowest BCUT2D eigenvalue weighted by atomic mass is 10.2. The molecule has 0 heterocycles. The number of esters is 1. The molecule has 2 rings (SSSR count). The molecule has 0 saturated heterocycles. The minimum Gasteiger partial charge on any atom is -0.492 e. The van der Waals surface area contributed by atoms with Crippen molar-refractivity contribution in [1.29, 1.82) is 0 Å². The van der Waals surface area contributed by atoms with Crippen LogP contribution in [0, 0.1) is 0 Å². The fraction of sp³-hybridized carbons (Fsp3) is 0.250. The number of hydrogen-bond acceptors (Lipinski definition) is 5. The smallest absolute Gasteiger partial charge is 0.337 e. The first-order chi connectivity index (χ1) is 13.0. The molecule has 2 aromatic rings. The van der Waals surface area contributed by atoms with Crippen molar-refractivity contribution in [3.63, 3.8) is 0 Å². The van der Waals surface area contributed by atoms with Gasteiger partial charge in [0.15, 0.2) is 0 Å². The summed E-state index contributed by atoms with van der Waals surface area (Å²) in [6.45, 7) is 3.47. The number of amides is 2. The lowest BCUT2D eigenvalue weighted by molar-refractivity contribution is -0.120. The first-order valence-corrected chi connectivity index (χ1v) is 8.44. The summed E-state index contributed by atoms with van der Waals surface area (Å²) in [5.41, 5.74) is 1.27. The van der Waals surface area contributed by atoms with Crippen molar-refractivity contribution in [1.82, 2.24) is 0 Å². The molecule has 1 N–H and O–H groups in total. The number of hydrogen-bond donors (Lipinski definition) is 1. The van der Waals surface area contributed by atoms with Crippen LogP contribution in [0.25, 0.3) is 0 Å². The molecule has 0 bridgehead atoms. The highest BCUT2D eigenvalue weighted by molar-refractivity contribution is 6.03. The molecule has 0 aliphatic carbocycles. The molecule has 7 heteroatoms. The molecule has 0 aromatic heterocycles. The van der Waals surface area contributed by atoms with Crippen LogP contribution in [0.4, 0.5) is 11.4 Å². The maximum Gasteiger partial charge on any atom is 0.337 e. The summed E-state index contributed by atoms with van der Waals surface area (Å²) in [5, 5.41) is 2.69. The van der Waals surface area contributed by atoms with E-state index in [-0.39, 0.29) is 12.5 Å². The van der Waals surface area contributed by atoms with E-state index in [0.29, 0.717) is 29.3 Å². The van der Waals surface area contributed by atoms with E-state index in [1.54, 1.807) is 42.5 Å².